The van der Waals surface area contributed by atoms with Crippen molar-refractivity contribution in [1.82, 2.24) is 16.0 Å². The van der Waals surface area contributed by atoms with E-state index >= 15 is 0 Å². The summed E-state index contributed by atoms with van der Waals surface area (Å²) < 4.78 is 0. The number of nitrogens with two attached hydrogens (primary N) is 1. The fourth-order valence-corrected chi connectivity index (χ4v) is 2.24. The Labute approximate surface area is 152 Å². The Morgan fingerprint density at radius 2 is 1.36 bits per heavy atom. The van der Waals surface area contributed by atoms with Crippen molar-refractivity contribution in [2.45, 2.75) is 45.8 Å². The van der Waals surface area contributed by atoms with Crippen LogP contribution in [0.1, 0.15) is 27.7 Å². The van der Waals surface area contributed by atoms with E-state index in [1.165, 1.54) is 0 Å². The molecule has 0 rings (SSSR count). The minimum atomic E-state index is -1.22. The van der Waals surface area contributed by atoms with Crippen LogP contribution in [0, 0.1) is 11.8 Å². The molecule has 3 atom stereocenters. The summed E-state index contributed by atoms with van der Waals surface area (Å²) in [4.78, 5) is 47.3. The van der Waals surface area contributed by atoms with Gasteiger partial charge in [-0.25, -0.2) is 4.79 Å². The lowest BCUT2D eigenvalue weighted by Gasteiger charge is -2.27. The summed E-state index contributed by atoms with van der Waals surface area (Å²) in [6.07, 6.45) is 0. The number of carboxylic acids is 1. The molecule has 0 saturated heterocycles. The molecule has 0 heterocycles. The molecule has 10 heteroatoms. The van der Waals surface area contributed by atoms with E-state index in [0.717, 1.165) is 0 Å². The molecule has 144 valence electrons. The number of rotatable bonds is 10. The molecule has 0 radical (unpaired) electrons. The third kappa shape index (κ3) is 7.74. The maximum atomic E-state index is 12.5. The lowest BCUT2D eigenvalue weighted by Crippen LogP contribution is -2.59. The van der Waals surface area contributed by atoms with E-state index in [2.05, 4.69) is 28.6 Å². The molecule has 6 N–H and O–H groups in total. The fraction of sp³-hybridized carbons (Fsp3) is 0.733. The summed E-state index contributed by atoms with van der Waals surface area (Å²) in [5.41, 5.74) is 5.25. The number of hydrogen-bond acceptors (Lipinski definition) is 6. The SMILES string of the molecule is CC(C)C(NC(=O)CN)C(=O)NC(C(=O)NC(CS)C(=O)O)C(C)C. The van der Waals surface area contributed by atoms with Crippen LogP contribution in [0.15, 0.2) is 0 Å². The third-order valence-electron chi connectivity index (χ3n) is 3.50. The van der Waals surface area contributed by atoms with E-state index in [4.69, 9.17) is 10.8 Å². The fourth-order valence-electron chi connectivity index (χ4n) is 1.99. The Kier molecular flexibility index (Phi) is 10.1. The van der Waals surface area contributed by atoms with Crippen LogP contribution in [0.3, 0.4) is 0 Å². The Bertz CT molecular complexity index is 498. The molecule has 3 unspecified atom stereocenters. The number of thiol groups is 1. The van der Waals surface area contributed by atoms with Crippen molar-refractivity contribution >= 4 is 36.3 Å². The summed E-state index contributed by atoms with van der Waals surface area (Å²) in [6, 6.07) is -2.97. The number of nitrogens with one attached hydrogen (secondary N) is 3. The van der Waals surface area contributed by atoms with Crippen molar-refractivity contribution in [1.29, 1.82) is 0 Å². The predicted octanol–water partition coefficient (Wildman–Crippen LogP) is -1.27. The molecule has 0 bridgehead atoms. The summed E-state index contributed by atoms with van der Waals surface area (Å²) in [7, 11) is 0. The standard InChI is InChI=1S/C15H28N4O5S/c1-7(2)11(18-10(20)5-16)14(22)19-12(8(3)4)13(21)17-9(6-25)15(23)24/h7-9,11-12,25H,5-6,16H2,1-4H3,(H,17,21)(H,18,20)(H,19,22)(H,23,24). The van der Waals surface area contributed by atoms with Gasteiger partial charge < -0.3 is 26.8 Å². The van der Waals surface area contributed by atoms with Crippen LogP contribution >= 0.6 is 12.6 Å². The summed E-state index contributed by atoms with van der Waals surface area (Å²) >= 11 is 3.89. The van der Waals surface area contributed by atoms with Crippen LogP contribution in [-0.4, -0.2) is 59.2 Å². The van der Waals surface area contributed by atoms with Gasteiger partial charge in [0.15, 0.2) is 0 Å². The summed E-state index contributed by atoms with van der Waals surface area (Å²) in [6.45, 7) is 6.65. The molecule has 0 aromatic heterocycles. The molecule has 0 aliphatic carbocycles. The predicted molar refractivity (Wildman–Crippen MR) is 96.0 cm³/mol. The highest BCUT2D eigenvalue weighted by molar-refractivity contribution is 7.80. The molecule has 9 nitrogen and oxygen atoms in total. The van der Waals surface area contributed by atoms with Gasteiger partial charge in [-0.2, -0.15) is 12.6 Å². The first-order valence-corrected chi connectivity index (χ1v) is 8.62. The van der Waals surface area contributed by atoms with E-state index in [1.807, 2.05) is 0 Å². The maximum Gasteiger partial charge on any atom is 0.327 e. The second-order valence-electron chi connectivity index (χ2n) is 6.31. The van der Waals surface area contributed by atoms with Gasteiger partial charge in [-0.15, -0.1) is 0 Å². The molecule has 3 amide bonds. The summed E-state index contributed by atoms with van der Waals surface area (Å²) in [5.74, 6) is -3.47. The highest BCUT2D eigenvalue weighted by Gasteiger charge is 2.31. The van der Waals surface area contributed by atoms with E-state index in [-0.39, 0.29) is 24.1 Å². The quantitative estimate of drug-likeness (QED) is 0.262. The highest BCUT2D eigenvalue weighted by Crippen LogP contribution is 2.07. The molecule has 0 aliphatic rings. The molecule has 0 fully saturated rings. The van der Waals surface area contributed by atoms with Crippen molar-refractivity contribution in [3.8, 4) is 0 Å². The average molecular weight is 376 g/mol. The van der Waals surface area contributed by atoms with Crippen LogP contribution in [0.5, 0.6) is 0 Å². The van der Waals surface area contributed by atoms with Crippen molar-refractivity contribution in [3.63, 3.8) is 0 Å². The normalized spacial score (nSPS) is 14.6. The zero-order chi connectivity index (χ0) is 19.7. The van der Waals surface area contributed by atoms with Gasteiger partial charge in [0.1, 0.15) is 18.1 Å². The van der Waals surface area contributed by atoms with Gasteiger partial charge in [0.25, 0.3) is 0 Å². The van der Waals surface area contributed by atoms with Gasteiger partial charge in [0.2, 0.25) is 17.7 Å². The summed E-state index contributed by atoms with van der Waals surface area (Å²) in [5, 5.41) is 16.4. The molecular formula is C15H28N4O5S. The Hall–Kier alpha value is -1.81. The lowest BCUT2D eigenvalue weighted by atomic mass is 9.99. The van der Waals surface area contributed by atoms with Gasteiger partial charge >= 0.3 is 5.97 Å². The van der Waals surface area contributed by atoms with Crippen molar-refractivity contribution in [2.24, 2.45) is 17.6 Å². The molecule has 25 heavy (non-hydrogen) atoms. The van der Waals surface area contributed by atoms with Gasteiger partial charge in [-0.05, 0) is 11.8 Å². The second-order valence-corrected chi connectivity index (χ2v) is 6.67. The van der Waals surface area contributed by atoms with Crippen LogP contribution in [0.2, 0.25) is 0 Å². The second kappa shape index (κ2) is 10.9. The molecule has 0 saturated carbocycles. The zero-order valence-electron chi connectivity index (χ0n) is 14.9. The minimum absolute atomic E-state index is 0.0823. The molecule has 0 spiro atoms. The molecular weight excluding hydrogens is 348 g/mol. The van der Waals surface area contributed by atoms with Gasteiger partial charge in [0.05, 0.1) is 6.54 Å². The Balaban J connectivity index is 5.15. The minimum Gasteiger partial charge on any atom is -0.480 e. The zero-order valence-corrected chi connectivity index (χ0v) is 15.8. The van der Waals surface area contributed by atoms with E-state index in [9.17, 15) is 19.2 Å². The van der Waals surface area contributed by atoms with Crippen LogP contribution in [0.4, 0.5) is 0 Å². The molecule has 0 aliphatic heterocycles. The topological polar surface area (TPSA) is 151 Å². The van der Waals surface area contributed by atoms with Crippen molar-refractivity contribution in [3.05, 3.63) is 0 Å². The number of aliphatic carboxylic acids is 1. The smallest absolute Gasteiger partial charge is 0.327 e. The maximum absolute atomic E-state index is 12.5. The number of amides is 3. The van der Waals surface area contributed by atoms with E-state index < -0.39 is 41.8 Å². The third-order valence-corrected chi connectivity index (χ3v) is 3.86. The van der Waals surface area contributed by atoms with Gasteiger partial charge in [0, 0.05) is 5.75 Å². The van der Waals surface area contributed by atoms with Gasteiger partial charge in [-0.1, -0.05) is 27.7 Å². The van der Waals surface area contributed by atoms with Gasteiger partial charge in [-0.3, -0.25) is 14.4 Å². The van der Waals surface area contributed by atoms with Crippen LogP contribution in [-0.2, 0) is 19.2 Å². The highest BCUT2D eigenvalue weighted by atomic mass is 32.1. The van der Waals surface area contributed by atoms with Crippen molar-refractivity contribution < 1.29 is 24.3 Å². The average Bonchev–Trinajstić information content (AvgIpc) is 2.53. The number of carbonyl (C=O) groups is 4. The Morgan fingerprint density at radius 3 is 1.72 bits per heavy atom. The monoisotopic (exact) mass is 376 g/mol. The number of carbonyl (C=O) groups excluding carboxylic acids is 3. The lowest BCUT2D eigenvalue weighted by molar-refractivity contribution is -0.142. The van der Waals surface area contributed by atoms with E-state index in [0.29, 0.717) is 0 Å². The molecule has 0 aromatic rings. The Morgan fingerprint density at radius 1 is 0.920 bits per heavy atom. The first-order chi connectivity index (χ1) is 11.5. The number of hydrogen-bond donors (Lipinski definition) is 6. The molecule has 0 aromatic carbocycles. The van der Waals surface area contributed by atoms with Crippen LogP contribution in [0.25, 0.3) is 0 Å². The first kappa shape index (κ1) is 23.2. The number of carboxylic acid groups (broad SMARTS) is 1. The van der Waals surface area contributed by atoms with Crippen LogP contribution < -0.4 is 21.7 Å². The van der Waals surface area contributed by atoms with Crippen molar-refractivity contribution in [2.75, 3.05) is 12.3 Å². The largest absolute Gasteiger partial charge is 0.480 e. The van der Waals surface area contributed by atoms with E-state index in [1.54, 1.807) is 27.7 Å². The first-order valence-electron chi connectivity index (χ1n) is 7.98.